The molecule has 3 rings (SSSR count). The predicted molar refractivity (Wildman–Crippen MR) is 80.2 cm³/mol. The lowest BCUT2D eigenvalue weighted by atomic mass is 9.88. The molecule has 112 valence electrons. The first kappa shape index (κ1) is 13.7. The van der Waals surface area contributed by atoms with Crippen LogP contribution < -0.4 is 21.1 Å². The average molecular weight is 289 g/mol. The minimum atomic E-state index is -0.211. The van der Waals surface area contributed by atoms with Crippen LogP contribution >= 0.6 is 0 Å². The first-order valence-corrected chi connectivity index (χ1v) is 7.30. The van der Waals surface area contributed by atoms with E-state index in [9.17, 15) is 9.59 Å². The second-order valence-electron chi connectivity index (χ2n) is 5.60. The lowest BCUT2D eigenvalue weighted by Crippen LogP contribution is -2.27. The van der Waals surface area contributed by atoms with E-state index in [1.807, 2.05) is 0 Å². The van der Waals surface area contributed by atoms with E-state index in [4.69, 9.17) is 10.5 Å². The third kappa shape index (κ3) is 2.94. The Hall–Kier alpha value is -2.24. The van der Waals surface area contributed by atoms with Crippen molar-refractivity contribution in [1.29, 1.82) is 0 Å². The molecule has 2 amide bonds. The summed E-state index contributed by atoms with van der Waals surface area (Å²) in [7, 11) is 0. The molecule has 2 aliphatic rings. The number of nitrogens with two attached hydrogens (primary N) is 1. The van der Waals surface area contributed by atoms with Gasteiger partial charge in [-0.3, -0.25) is 9.59 Å². The second kappa shape index (κ2) is 5.63. The first-order chi connectivity index (χ1) is 10.1. The Morgan fingerprint density at radius 2 is 2.05 bits per heavy atom. The standard InChI is InChI=1S/C15H19N3O3/c16-10-6-13-12(17-14(19)8-21-13)7-11(10)18-15(20)9-4-2-1-3-5-9/h6-7,9H,1-5,8,16H2,(H,17,19)(H,18,20). The van der Waals surface area contributed by atoms with Gasteiger partial charge in [0.2, 0.25) is 5.91 Å². The maximum Gasteiger partial charge on any atom is 0.262 e. The molecular weight excluding hydrogens is 270 g/mol. The minimum Gasteiger partial charge on any atom is -0.482 e. The number of fused-ring (bicyclic) bond motifs is 1. The van der Waals surface area contributed by atoms with E-state index in [1.54, 1.807) is 12.1 Å². The van der Waals surface area contributed by atoms with Crippen molar-refractivity contribution < 1.29 is 14.3 Å². The van der Waals surface area contributed by atoms with Crippen LogP contribution in [0.3, 0.4) is 0 Å². The maximum atomic E-state index is 12.3. The number of nitrogens with one attached hydrogen (secondary N) is 2. The van der Waals surface area contributed by atoms with Gasteiger partial charge in [-0.15, -0.1) is 0 Å². The van der Waals surface area contributed by atoms with Crippen LogP contribution in [-0.4, -0.2) is 18.4 Å². The number of anilines is 3. The Balaban J connectivity index is 1.77. The molecule has 0 bridgehead atoms. The fraction of sp³-hybridized carbons (Fsp3) is 0.467. The van der Waals surface area contributed by atoms with Gasteiger partial charge in [0.1, 0.15) is 5.75 Å². The number of ether oxygens (including phenoxy) is 1. The van der Waals surface area contributed by atoms with Gasteiger partial charge < -0.3 is 21.1 Å². The van der Waals surface area contributed by atoms with Crippen LogP contribution in [0.1, 0.15) is 32.1 Å². The van der Waals surface area contributed by atoms with Gasteiger partial charge in [0.25, 0.3) is 5.91 Å². The Kier molecular flexibility index (Phi) is 3.68. The van der Waals surface area contributed by atoms with Crippen LogP contribution in [0.5, 0.6) is 5.75 Å². The molecule has 4 N–H and O–H groups in total. The van der Waals surface area contributed by atoms with Crippen molar-refractivity contribution in [3.8, 4) is 5.75 Å². The summed E-state index contributed by atoms with van der Waals surface area (Å²) in [4.78, 5) is 23.6. The summed E-state index contributed by atoms with van der Waals surface area (Å²) in [5.41, 5.74) is 7.45. The lowest BCUT2D eigenvalue weighted by Gasteiger charge is -2.23. The number of benzene rings is 1. The van der Waals surface area contributed by atoms with E-state index in [0.29, 0.717) is 22.8 Å². The molecule has 1 saturated carbocycles. The molecule has 0 atom stereocenters. The SMILES string of the molecule is Nc1cc2c(cc1NC(=O)C1CCCCC1)NC(=O)CO2. The lowest BCUT2D eigenvalue weighted by molar-refractivity contribution is -0.120. The molecule has 0 unspecified atom stereocenters. The summed E-state index contributed by atoms with van der Waals surface area (Å²) in [6.45, 7) is -0.0137. The van der Waals surface area contributed by atoms with Gasteiger partial charge >= 0.3 is 0 Å². The van der Waals surface area contributed by atoms with Crippen molar-refractivity contribution in [1.82, 2.24) is 0 Å². The van der Waals surface area contributed by atoms with Crippen LogP contribution in [0.25, 0.3) is 0 Å². The maximum absolute atomic E-state index is 12.3. The quantitative estimate of drug-likeness (QED) is 0.727. The number of rotatable bonds is 2. The molecule has 0 saturated heterocycles. The molecule has 1 aromatic carbocycles. The van der Waals surface area contributed by atoms with Gasteiger partial charge in [0, 0.05) is 12.0 Å². The summed E-state index contributed by atoms with van der Waals surface area (Å²) in [5, 5.41) is 5.58. The van der Waals surface area contributed by atoms with Crippen LogP contribution in [0.15, 0.2) is 12.1 Å². The smallest absolute Gasteiger partial charge is 0.262 e. The molecule has 1 heterocycles. The average Bonchev–Trinajstić information content (AvgIpc) is 2.49. The topological polar surface area (TPSA) is 93.5 Å². The molecule has 6 nitrogen and oxygen atoms in total. The highest BCUT2D eigenvalue weighted by Gasteiger charge is 2.23. The Morgan fingerprint density at radius 1 is 1.29 bits per heavy atom. The zero-order chi connectivity index (χ0) is 14.8. The van der Waals surface area contributed by atoms with Crippen molar-refractivity contribution in [2.75, 3.05) is 23.0 Å². The van der Waals surface area contributed by atoms with Gasteiger partial charge in [0.05, 0.1) is 17.1 Å². The molecule has 21 heavy (non-hydrogen) atoms. The second-order valence-corrected chi connectivity index (χ2v) is 5.60. The zero-order valence-corrected chi connectivity index (χ0v) is 11.8. The van der Waals surface area contributed by atoms with Crippen LogP contribution in [0, 0.1) is 5.92 Å². The Bertz CT molecular complexity index is 580. The molecule has 0 radical (unpaired) electrons. The van der Waals surface area contributed by atoms with Crippen LogP contribution in [0.2, 0.25) is 0 Å². The van der Waals surface area contributed by atoms with E-state index >= 15 is 0 Å². The highest BCUT2D eigenvalue weighted by molar-refractivity contribution is 6.00. The predicted octanol–water partition coefficient (Wildman–Crippen LogP) is 2.12. The first-order valence-electron chi connectivity index (χ1n) is 7.30. The van der Waals surface area contributed by atoms with E-state index in [1.165, 1.54) is 6.42 Å². The van der Waals surface area contributed by atoms with Crippen molar-refractivity contribution in [3.63, 3.8) is 0 Å². The highest BCUT2D eigenvalue weighted by Crippen LogP contribution is 2.35. The minimum absolute atomic E-state index is 0.00408. The van der Waals surface area contributed by atoms with Crippen molar-refractivity contribution in [2.24, 2.45) is 5.92 Å². The number of nitrogen functional groups attached to an aromatic ring is 1. The van der Waals surface area contributed by atoms with Gasteiger partial charge in [0.15, 0.2) is 6.61 Å². The number of carbonyl (C=O) groups is 2. The van der Waals surface area contributed by atoms with Crippen molar-refractivity contribution >= 4 is 28.9 Å². The van der Waals surface area contributed by atoms with E-state index < -0.39 is 0 Å². The summed E-state index contributed by atoms with van der Waals surface area (Å²) in [6, 6.07) is 3.29. The largest absolute Gasteiger partial charge is 0.482 e. The molecule has 1 fully saturated rings. The van der Waals surface area contributed by atoms with Gasteiger partial charge in [-0.2, -0.15) is 0 Å². The molecule has 0 spiro atoms. The van der Waals surface area contributed by atoms with Crippen LogP contribution in [0.4, 0.5) is 17.1 Å². The molecule has 0 aromatic heterocycles. The summed E-state index contributed by atoms with van der Waals surface area (Å²) in [6.07, 6.45) is 5.25. The number of amides is 2. The summed E-state index contributed by atoms with van der Waals surface area (Å²) < 4.78 is 5.29. The number of carbonyl (C=O) groups excluding carboxylic acids is 2. The molecule has 1 aromatic rings. The molecule has 6 heteroatoms. The summed E-state index contributed by atoms with van der Waals surface area (Å²) >= 11 is 0. The van der Waals surface area contributed by atoms with E-state index in [0.717, 1.165) is 25.7 Å². The number of hydrogen-bond acceptors (Lipinski definition) is 4. The van der Waals surface area contributed by atoms with E-state index in [-0.39, 0.29) is 24.3 Å². The van der Waals surface area contributed by atoms with E-state index in [2.05, 4.69) is 10.6 Å². The van der Waals surface area contributed by atoms with Crippen LogP contribution in [-0.2, 0) is 9.59 Å². The highest BCUT2D eigenvalue weighted by atomic mass is 16.5. The van der Waals surface area contributed by atoms with Crippen molar-refractivity contribution in [2.45, 2.75) is 32.1 Å². The summed E-state index contributed by atoms with van der Waals surface area (Å²) in [5.74, 6) is 0.379. The zero-order valence-electron chi connectivity index (χ0n) is 11.8. The third-order valence-electron chi connectivity index (χ3n) is 4.02. The molecule has 1 aliphatic heterocycles. The van der Waals surface area contributed by atoms with Crippen molar-refractivity contribution in [3.05, 3.63) is 12.1 Å². The molecular formula is C15H19N3O3. The normalized spacial score (nSPS) is 18.4. The Labute approximate surface area is 123 Å². The third-order valence-corrected chi connectivity index (χ3v) is 4.02. The molecule has 1 aliphatic carbocycles. The Morgan fingerprint density at radius 3 is 2.81 bits per heavy atom. The fourth-order valence-electron chi connectivity index (χ4n) is 2.85. The monoisotopic (exact) mass is 289 g/mol. The van der Waals surface area contributed by atoms with Gasteiger partial charge in [-0.05, 0) is 18.9 Å². The van der Waals surface area contributed by atoms with Gasteiger partial charge in [-0.25, -0.2) is 0 Å². The van der Waals surface area contributed by atoms with Gasteiger partial charge in [-0.1, -0.05) is 19.3 Å². The number of hydrogen-bond donors (Lipinski definition) is 3. The fourth-order valence-corrected chi connectivity index (χ4v) is 2.85.